The van der Waals surface area contributed by atoms with Crippen LogP contribution in [0.3, 0.4) is 0 Å². The molecule has 0 spiro atoms. The number of aromatic nitrogens is 1. The average Bonchev–Trinajstić information content (AvgIpc) is 3.10. The Morgan fingerprint density at radius 3 is 2.90 bits per heavy atom. The molecule has 0 saturated heterocycles. The zero-order valence-corrected chi connectivity index (χ0v) is 10.4. The molecule has 0 atom stereocenters. The summed E-state index contributed by atoms with van der Waals surface area (Å²) in [5, 5.41) is 11.2. The van der Waals surface area contributed by atoms with Gasteiger partial charge in [0.2, 0.25) is 0 Å². The minimum Gasteiger partial charge on any atom is -0.255 e. The fourth-order valence-electron chi connectivity index (χ4n) is 2.90. The number of nitrogens with zero attached hydrogens (tertiary/aromatic N) is 4. The van der Waals surface area contributed by atoms with Gasteiger partial charge in [0.15, 0.2) is 0 Å². The summed E-state index contributed by atoms with van der Waals surface area (Å²) >= 11 is 0. The van der Waals surface area contributed by atoms with Gasteiger partial charge in [-0.2, -0.15) is 5.10 Å². The monoisotopic (exact) mass is 256 g/mol. The molecule has 0 amide bonds. The maximum absolute atomic E-state index is 4.68. The number of para-hydroxylation sites is 1. The summed E-state index contributed by atoms with van der Waals surface area (Å²) in [5.41, 5.74) is 5.17. The molecule has 20 heavy (non-hydrogen) atoms. The van der Waals surface area contributed by atoms with Gasteiger partial charge in [0.1, 0.15) is 5.36 Å². The van der Waals surface area contributed by atoms with Gasteiger partial charge in [0.05, 0.1) is 22.8 Å². The highest BCUT2D eigenvalue weighted by Gasteiger charge is 2.19. The molecule has 4 heteroatoms. The standard InChI is InChI=1S/C16H8N4/c1-2-4-11-10(3-1)14-13(19-11)6-5-12-15(14)16-9(7-17-12)8-18-20-16/h1-8H. The third kappa shape index (κ3) is 1.11. The van der Waals surface area contributed by atoms with Crippen LogP contribution in [-0.4, -0.2) is 11.2 Å². The summed E-state index contributed by atoms with van der Waals surface area (Å²) in [6, 6.07) is 12.2. The minimum absolute atomic E-state index is 0.902. The molecule has 2 aliphatic heterocycles. The normalized spacial score (nSPS) is 13.6. The molecule has 3 heterocycles. The number of benzene rings is 2. The molecule has 3 aromatic rings. The molecule has 0 radical (unpaired) electrons. The fraction of sp³-hybridized carbons (Fsp3) is 0. The third-order valence-corrected chi connectivity index (χ3v) is 3.78. The van der Waals surface area contributed by atoms with E-state index in [1.165, 1.54) is 0 Å². The van der Waals surface area contributed by atoms with Crippen LogP contribution in [0.2, 0.25) is 0 Å². The zero-order valence-electron chi connectivity index (χ0n) is 10.4. The van der Waals surface area contributed by atoms with E-state index in [0.717, 1.165) is 44.0 Å². The van der Waals surface area contributed by atoms with Gasteiger partial charge in [0.25, 0.3) is 0 Å². The van der Waals surface area contributed by atoms with Crippen LogP contribution in [0.4, 0.5) is 5.69 Å². The highest BCUT2D eigenvalue weighted by molar-refractivity contribution is 6.01. The number of rotatable bonds is 0. The van der Waals surface area contributed by atoms with Crippen LogP contribution in [0.15, 0.2) is 57.8 Å². The maximum atomic E-state index is 4.68. The number of hydrogen-bond donors (Lipinski definition) is 0. The van der Waals surface area contributed by atoms with E-state index in [9.17, 15) is 0 Å². The highest BCUT2D eigenvalue weighted by Crippen LogP contribution is 2.35. The Labute approximate surface area is 113 Å². The average molecular weight is 256 g/mol. The first-order valence-corrected chi connectivity index (χ1v) is 6.43. The van der Waals surface area contributed by atoms with Crippen molar-refractivity contribution in [1.29, 1.82) is 0 Å². The van der Waals surface area contributed by atoms with E-state index in [2.05, 4.69) is 26.2 Å². The van der Waals surface area contributed by atoms with Crippen molar-refractivity contribution in [2.24, 2.45) is 15.2 Å². The largest absolute Gasteiger partial charge is 0.255 e. The van der Waals surface area contributed by atoms with Crippen LogP contribution in [0.1, 0.15) is 5.56 Å². The SMILES string of the molecule is C1=NN=c2c1cnc1ccc3c(c21)-c1ccccc1N=3. The smallest absolute Gasteiger partial charge is 0.106 e. The molecule has 0 bridgehead atoms. The summed E-state index contributed by atoms with van der Waals surface area (Å²) in [6.45, 7) is 0. The van der Waals surface area contributed by atoms with Gasteiger partial charge in [0, 0.05) is 28.3 Å². The van der Waals surface area contributed by atoms with Crippen molar-refractivity contribution in [3.8, 4) is 11.1 Å². The third-order valence-electron chi connectivity index (χ3n) is 3.78. The van der Waals surface area contributed by atoms with Crippen LogP contribution < -0.4 is 10.7 Å². The van der Waals surface area contributed by atoms with Crippen molar-refractivity contribution < 1.29 is 0 Å². The Kier molecular flexibility index (Phi) is 1.68. The molecule has 4 nitrogen and oxygen atoms in total. The Balaban J connectivity index is 2.08. The molecule has 0 unspecified atom stereocenters. The van der Waals surface area contributed by atoms with Gasteiger partial charge in [-0.05, 0) is 18.2 Å². The number of hydrogen-bond acceptors (Lipinski definition) is 4. The lowest BCUT2D eigenvalue weighted by Crippen LogP contribution is -2.13. The van der Waals surface area contributed by atoms with E-state index in [1.807, 2.05) is 36.5 Å². The van der Waals surface area contributed by atoms with Crippen molar-refractivity contribution in [2.75, 3.05) is 0 Å². The second-order valence-corrected chi connectivity index (χ2v) is 4.89. The van der Waals surface area contributed by atoms with Gasteiger partial charge in [-0.1, -0.05) is 18.2 Å². The van der Waals surface area contributed by atoms with E-state index in [4.69, 9.17) is 0 Å². The van der Waals surface area contributed by atoms with Crippen molar-refractivity contribution >= 4 is 22.8 Å². The Hall–Kier alpha value is -2.88. The molecule has 92 valence electrons. The van der Waals surface area contributed by atoms with Crippen molar-refractivity contribution in [2.45, 2.75) is 0 Å². The summed E-state index contributed by atoms with van der Waals surface area (Å²) in [7, 11) is 0. The van der Waals surface area contributed by atoms with E-state index in [1.54, 1.807) is 6.21 Å². The topological polar surface area (TPSA) is 50.0 Å². The Morgan fingerprint density at radius 1 is 0.950 bits per heavy atom. The molecule has 0 N–H and O–H groups in total. The van der Waals surface area contributed by atoms with Crippen molar-refractivity contribution in [3.63, 3.8) is 0 Å². The summed E-state index contributed by atoms with van der Waals surface area (Å²) in [4.78, 5) is 9.19. The lowest BCUT2D eigenvalue weighted by atomic mass is 9.99. The van der Waals surface area contributed by atoms with Crippen LogP contribution in [0.5, 0.6) is 0 Å². The molecule has 2 aliphatic rings. The first kappa shape index (κ1) is 9.97. The van der Waals surface area contributed by atoms with E-state index in [0.29, 0.717) is 0 Å². The summed E-state index contributed by atoms with van der Waals surface area (Å²) < 4.78 is 0. The highest BCUT2D eigenvalue weighted by atomic mass is 15.2. The minimum atomic E-state index is 0.902. The number of fused-ring (bicyclic) bond motifs is 7. The van der Waals surface area contributed by atoms with Crippen LogP contribution in [0, 0.1) is 0 Å². The van der Waals surface area contributed by atoms with E-state index >= 15 is 0 Å². The van der Waals surface area contributed by atoms with E-state index in [-0.39, 0.29) is 0 Å². The van der Waals surface area contributed by atoms with Crippen LogP contribution in [-0.2, 0) is 0 Å². The van der Waals surface area contributed by atoms with Crippen LogP contribution in [0.25, 0.3) is 22.0 Å². The second kappa shape index (κ2) is 3.36. The molecular weight excluding hydrogens is 248 g/mol. The van der Waals surface area contributed by atoms with Gasteiger partial charge in [-0.25, -0.2) is 4.99 Å². The zero-order chi connectivity index (χ0) is 13.1. The second-order valence-electron chi connectivity index (χ2n) is 4.89. The van der Waals surface area contributed by atoms with Gasteiger partial charge < -0.3 is 0 Å². The molecule has 0 aliphatic carbocycles. The summed E-state index contributed by atoms with van der Waals surface area (Å²) in [6.07, 6.45) is 3.57. The first-order chi connectivity index (χ1) is 9.92. The fourth-order valence-corrected chi connectivity index (χ4v) is 2.90. The maximum Gasteiger partial charge on any atom is 0.106 e. The molecule has 1 aromatic heterocycles. The lowest BCUT2D eigenvalue weighted by molar-refractivity contribution is 1.19. The van der Waals surface area contributed by atoms with Crippen molar-refractivity contribution in [3.05, 3.63) is 58.9 Å². The van der Waals surface area contributed by atoms with Gasteiger partial charge in [-0.15, -0.1) is 5.10 Å². The Morgan fingerprint density at radius 2 is 1.90 bits per heavy atom. The Bertz CT molecular complexity index is 1050. The molecular formula is C16H8N4. The quantitative estimate of drug-likeness (QED) is 0.475. The predicted molar refractivity (Wildman–Crippen MR) is 76.7 cm³/mol. The van der Waals surface area contributed by atoms with Gasteiger partial charge in [-0.3, -0.25) is 4.98 Å². The first-order valence-electron chi connectivity index (χ1n) is 6.43. The van der Waals surface area contributed by atoms with Crippen LogP contribution >= 0.6 is 0 Å². The van der Waals surface area contributed by atoms with Gasteiger partial charge >= 0.3 is 0 Å². The molecule has 0 saturated carbocycles. The predicted octanol–water partition coefficient (Wildman–Crippen LogP) is 2.13. The van der Waals surface area contributed by atoms with E-state index < -0.39 is 0 Å². The molecule has 0 fully saturated rings. The number of pyridine rings is 1. The van der Waals surface area contributed by atoms with Crippen molar-refractivity contribution in [1.82, 2.24) is 4.98 Å². The molecule has 5 rings (SSSR count). The molecule has 2 aromatic carbocycles. The lowest BCUT2D eigenvalue weighted by Gasteiger charge is -2.04. The summed E-state index contributed by atoms with van der Waals surface area (Å²) in [5.74, 6) is 0.